The van der Waals surface area contributed by atoms with Crippen LogP contribution in [0.15, 0.2) is 0 Å². The molecule has 156 valence electrons. The van der Waals surface area contributed by atoms with E-state index in [4.69, 9.17) is 9.47 Å². The smallest absolute Gasteiger partial charge is 0.344 e. The van der Waals surface area contributed by atoms with Gasteiger partial charge in [0.25, 0.3) is 0 Å². The molecule has 0 radical (unpaired) electrons. The molecule has 4 aliphatic carbocycles. The highest BCUT2D eigenvalue weighted by atomic mass is 16.6. The largest absolute Gasteiger partial charge is 0.454 e. The molecule has 4 fully saturated rings. The second-order valence-electron chi connectivity index (χ2n) is 10.2. The van der Waals surface area contributed by atoms with Crippen molar-refractivity contribution >= 4 is 17.7 Å². The second kappa shape index (κ2) is 7.14. The quantitative estimate of drug-likeness (QED) is 0.679. The molecule has 4 aliphatic rings. The second-order valence-corrected chi connectivity index (χ2v) is 10.2. The fraction of sp³-hybridized carbons (Fsp3) is 0.870. The molecule has 0 heterocycles. The Labute approximate surface area is 167 Å². The van der Waals surface area contributed by atoms with Crippen molar-refractivity contribution in [3.8, 4) is 0 Å². The van der Waals surface area contributed by atoms with E-state index in [2.05, 4.69) is 13.8 Å². The highest BCUT2D eigenvalue weighted by Gasteiger charge is 2.62. The van der Waals surface area contributed by atoms with Gasteiger partial charge >= 0.3 is 11.9 Å². The number of carbonyl (C=O) groups excluding carboxylic acids is 3. The molecule has 4 rings (SSSR count). The molecule has 0 aromatic heterocycles. The first-order valence-corrected chi connectivity index (χ1v) is 11.1. The third-order valence-electron chi connectivity index (χ3n) is 8.96. The summed E-state index contributed by atoms with van der Waals surface area (Å²) in [5.41, 5.74) is 0.0566. The third kappa shape index (κ3) is 3.09. The monoisotopic (exact) mass is 390 g/mol. The SMILES string of the molecule is CC(=O)OCC(=O)O[C@H]1C[C@H]2[C@@H]3CC[C@H]4CCCC[C@]4(C)[C@H]3CC[C@]2(C)C1=O. The Bertz CT molecular complexity index is 672. The van der Waals surface area contributed by atoms with Crippen molar-refractivity contribution in [2.75, 3.05) is 6.61 Å². The number of hydrogen-bond donors (Lipinski definition) is 0. The maximum Gasteiger partial charge on any atom is 0.344 e. The molecule has 0 aliphatic heterocycles. The first-order chi connectivity index (χ1) is 13.3. The summed E-state index contributed by atoms with van der Waals surface area (Å²) < 4.78 is 10.2. The van der Waals surface area contributed by atoms with Crippen LogP contribution < -0.4 is 0 Å². The molecular weight excluding hydrogens is 356 g/mol. The molecule has 0 unspecified atom stereocenters. The summed E-state index contributed by atoms with van der Waals surface area (Å²) in [6.45, 7) is 5.47. The normalized spacial score (nSPS) is 44.8. The average Bonchev–Trinajstić information content (AvgIpc) is 2.90. The van der Waals surface area contributed by atoms with Gasteiger partial charge in [-0.05, 0) is 74.0 Å². The third-order valence-corrected chi connectivity index (χ3v) is 8.96. The average molecular weight is 391 g/mol. The van der Waals surface area contributed by atoms with Crippen LogP contribution in [0.5, 0.6) is 0 Å². The van der Waals surface area contributed by atoms with E-state index in [0.29, 0.717) is 29.6 Å². The van der Waals surface area contributed by atoms with E-state index in [1.165, 1.54) is 45.4 Å². The van der Waals surface area contributed by atoms with Crippen molar-refractivity contribution in [2.24, 2.45) is 34.5 Å². The molecule has 5 nitrogen and oxygen atoms in total. The molecule has 0 aromatic carbocycles. The summed E-state index contributed by atoms with van der Waals surface area (Å²) in [6.07, 6.45) is 9.93. The lowest BCUT2D eigenvalue weighted by molar-refractivity contribution is -0.164. The Morgan fingerprint density at radius 3 is 2.57 bits per heavy atom. The Kier molecular flexibility index (Phi) is 5.08. The predicted octanol–water partition coefficient (Wildman–Crippen LogP) is 4.07. The molecule has 7 atom stereocenters. The van der Waals surface area contributed by atoms with Crippen LogP contribution in [-0.2, 0) is 23.9 Å². The molecule has 0 saturated heterocycles. The number of hydrogen-bond acceptors (Lipinski definition) is 5. The highest BCUT2D eigenvalue weighted by Crippen LogP contribution is 2.65. The van der Waals surface area contributed by atoms with Crippen LogP contribution in [0.25, 0.3) is 0 Å². The summed E-state index contributed by atoms with van der Waals surface area (Å²) in [7, 11) is 0. The zero-order valence-electron chi connectivity index (χ0n) is 17.5. The number of fused-ring (bicyclic) bond motifs is 5. The minimum absolute atomic E-state index is 0.0862. The van der Waals surface area contributed by atoms with Crippen LogP contribution in [-0.4, -0.2) is 30.4 Å². The predicted molar refractivity (Wildman–Crippen MR) is 103 cm³/mol. The fourth-order valence-corrected chi connectivity index (χ4v) is 7.52. The van der Waals surface area contributed by atoms with E-state index in [0.717, 1.165) is 18.8 Å². The van der Waals surface area contributed by atoms with Crippen molar-refractivity contribution in [3.63, 3.8) is 0 Å². The van der Waals surface area contributed by atoms with E-state index < -0.39 is 24.6 Å². The van der Waals surface area contributed by atoms with E-state index in [-0.39, 0.29) is 11.2 Å². The molecule has 0 spiro atoms. The lowest BCUT2D eigenvalue weighted by Gasteiger charge is -2.59. The maximum atomic E-state index is 13.2. The van der Waals surface area contributed by atoms with E-state index in [9.17, 15) is 14.4 Å². The molecule has 5 heteroatoms. The Morgan fingerprint density at radius 1 is 1.04 bits per heavy atom. The van der Waals surface area contributed by atoms with Crippen molar-refractivity contribution < 1.29 is 23.9 Å². The number of Topliss-reactive ketones (excluding diaryl/α,β-unsaturated/α-hetero) is 1. The first-order valence-electron chi connectivity index (χ1n) is 11.1. The molecule has 4 saturated carbocycles. The molecule has 28 heavy (non-hydrogen) atoms. The number of ketones is 1. The molecular formula is C23H34O5. The van der Waals surface area contributed by atoms with Crippen LogP contribution >= 0.6 is 0 Å². The van der Waals surface area contributed by atoms with E-state index in [1.54, 1.807) is 0 Å². The van der Waals surface area contributed by atoms with Crippen LogP contribution in [0.1, 0.15) is 78.6 Å². The van der Waals surface area contributed by atoms with Gasteiger partial charge in [0.15, 0.2) is 18.5 Å². The zero-order chi connectivity index (χ0) is 20.1. The van der Waals surface area contributed by atoms with Crippen molar-refractivity contribution in [1.82, 2.24) is 0 Å². The van der Waals surface area contributed by atoms with E-state index >= 15 is 0 Å². The minimum atomic E-state index is -0.673. The number of esters is 2. The van der Waals surface area contributed by atoms with Crippen molar-refractivity contribution in [2.45, 2.75) is 84.7 Å². The molecule has 0 N–H and O–H groups in total. The van der Waals surface area contributed by atoms with Crippen molar-refractivity contribution in [3.05, 3.63) is 0 Å². The summed E-state index contributed by atoms with van der Waals surface area (Å²) in [6, 6.07) is 0. The topological polar surface area (TPSA) is 69.7 Å². The Hall–Kier alpha value is -1.39. The van der Waals surface area contributed by atoms with Crippen LogP contribution in [0.2, 0.25) is 0 Å². The van der Waals surface area contributed by atoms with Crippen LogP contribution in [0.4, 0.5) is 0 Å². The van der Waals surface area contributed by atoms with Gasteiger partial charge < -0.3 is 9.47 Å². The number of carbonyl (C=O) groups is 3. The van der Waals surface area contributed by atoms with Gasteiger partial charge in [0.05, 0.1) is 0 Å². The lowest BCUT2D eigenvalue weighted by Crippen LogP contribution is -2.52. The number of rotatable bonds is 3. The lowest BCUT2D eigenvalue weighted by atomic mass is 9.45. The fourth-order valence-electron chi connectivity index (χ4n) is 7.52. The number of ether oxygens (including phenoxy) is 2. The van der Waals surface area contributed by atoms with Gasteiger partial charge in [-0.25, -0.2) is 4.79 Å². The Balaban J connectivity index is 1.50. The highest BCUT2D eigenvalue weighted by molar-refractivity contribution is 5.93. The summed E-state index contributed by atoms with van der Waals surface area (Å²) in [5, 5.41) is 0. The van der Waals surface area contributed by atoms with Gasteiger partial charge in [0, 0.05) is 12.3 Å². The standard InChI is InChI=1S/C23H34O5/c1-14(24)27-13-20(25)28-19-12-18-16-8-7-15-6-4-5-10-22(15,2)17(16)9-11-23(18,3)21(19)26/h15-19H,4-13H2,1-3H3/t15-,16-,17+,18+,19+,22+,23+/m1/s1. The zero-order valence-corrected chi connectivity index (χ0v) is 17.5. The van der Waals surface area contributed by atoms with Crippen molar-refractivity contribution in [1.29, 1.82) is 0 Å². The summed E-state index contributed by atoms with van der Waals surface area (Å²) in [4.78, 5) is 36.1. The van der Waals surface area contributed by atoms with Gasteiger partial charge in [-0.3, -0.25) is 9.59 Å². The Morgan fingerprint density at radius 2 is 1.82 bits per heavy atom. The maximum absolute atomic E-state index is 13.2. The van der Waals surface area contributed by atoms with Crippen LogP contribution in [0, 0.1) is 34.5 Å². The first kappa shape index (κ1) is 19.9. The summed E-state index contributed by atoms with van der Waals surface area (Å²) >= 11 is 0. The van der Waals surface area contributed by atoms with Gasteiger partial charge in [-0.2, -0.15) is 0 Å². The van der Waals surface area contributed by atoms with Gasteiger partial charge in [-0.1, -0.05) is 26.7 Å². The van der Waals surface area contributed by atoms with Gasteiger partial charge in [0.2, 0.25) is 0 Å². The van der Waals surface area contributed by atoms with E-state index in [1.807, 2.05) is 0 Å². The van der Waals surface area contributed by atoms with Gasteiger partial charge in [0.1, 0.15) is 0 Å². The summed E-state index contributed by atoms with van der Waals surface area (Å²) in [5.74, 6) is 1.38. The molecule has 0 bridgehead atoms. The van der Waals surface area contributed by atoms with Gasteiger partial charge in [-0.15, -0.1) is 0 Å². The molecule has 0 aromatic rings. The molecule has 0 amide bonds. The minimum Gasteiger partial charge on any atom is -0.454 e. The van der Waals surface area contributed by atoms with Crippen LogP contribution in [0.3, 0.4) is 0 Å².